The Labute approximate surface area is 196 Å². The highest BCUT2D eigenvalue weighted by Gasteiger charge is 2.35. The second-order valence-corrected chi connectivity index (χ2v) is 9.86. The lowest BCUT2D eigenvalue weighted by molar-refractivity contribution is -0.134. The molecule has 32 heavy (non-hydrogen) atoms. The number of hydrogen-bond acceptors (Lipinski definition) is 7. The fourth-order valence-corrected chi connectivity index (χ4v) is 5.87. The summed E-state index contributed by atoms with van der Waals surface area (Å²) in [6.07, 6.45) is 0.772. The van der Waals surface area contributed by atoms with Gasteiger partial charge in [0.25, 0.3) is 5.91 Å². The molecule has 0 radical (unpaired) electrons. The van der Waals surface area contributed by atoms with Gasteiger partial charge in [-0.05, 0) is 35.0 Å². The zero-order valence-corrected chi connectivity index (χ0v) is 19.6. The average molecular weight is 467 g/mol. The van der Waals surface area contributed by atoms with E-state index in [4.69, 9.17) is 9.84 Å². The molecule has 6 nitrogen and oxygen atoms in total. The molecular weight excluding hydrogens is 440 g/mol. The molecule has 0 spiro atoms. The molecule has 2 aromatic heterocycles. The van der Waals surface area contributed by atoms with Crippen LogP contribution in [0.1, 0.15) is 22.2 Å². The molecule has 1 unspecified atom stereocenters. The minimum atomic E-state index is -0.00512. The molecule has 0 aliphatic carbocycles. The smallest absolute Gasteiger partial charge is 0.257 e. The molecule has 1 aromatic carbocycles. The number of methoxy groups -OCH3 is 1. The SMILES string of the molecule is COc1ccccc1N1CCN(CC(=O)N2N=C(c3cccs3)CC2c2cccs2)CC1. The molecule has 166 valence electrons. The van der Waals surface area contributed by atoms with E-state index in [1.807, 2.05) is 30.3 Å². The monoisotopic (exact) mass is 466 g/mol. The number of anilines is 1. The first-order chi connectivity index (χ1) is 15.7. The Balaban J connectivity index is 1.26. The highest BCUT2D eigenvalue weighted by atomic mass is 32.1. The molecule has 0 N–H and O–H groups in total. The number of para-hydroxylation sites is 2. The lowest BCUT2D eigenvalue weighted by Crippen LogP contribution is -2.49. The Morgan fingerprint density at radius 1 is 1.03 bits per heavy atom. The fraction of sp³-hybridized carbons (Fsp3) is 0.333. The van der Waals surface area contributed by atoms with E-state index < -0.39 is 0 Å². The zero-order chi connectivity index (χ0) is 21.9. The second kappa shape index (κ2) is 9.44. The number of nitrogens with zero attached hydrogens (tertiary/aromatic N) is 4. The minimum Gasteiger partial charge on any atom is -0.495 e. The molecule has 1 fully saturated rings. The third kappa shape index (κ3) is 4.30. The summed E-state index contributed by atoms with van der Waals surface area (Å²) in [4.78, 5) is 20.2. The van der Waals surface area contributed by atoms with Crippen molar-refractivity contribution in [3.8, 4) is 5.75 Å². The summed E-state index contributed by atoms with van der Waals surface area (Å²) in [6, 6.07) is 16.4. The third-order valence-corrected chi connectivity index (χ3v) is 7.89. The lowest BCUT2D eigenvalue weighted by Gasteiger charge is -2.36. The van der Waals surface area contributed by atoms with Crippen molar-refractivity contribution in [2.24, 2.45) is 5.10 Å². The van der Waals surface area contributed by atoms with E-state index in [2.05, 4.69) is 38.8 Å². The van der Waals surface area contributed by atoms with Gasteiger partial charge in [-0.25, -0.2) is 5.01 Å². The summed E-state index contributed by atoms with van der Waals surface area (Å²) < 4.78 is 5.52. The Hall–Kier alpha value is -2.68. The number of rotatable bonds is 6. The standard InChI is InChI=1S/C24H26N4O2S2/c1-30-21-7-3-2-6-19(21)27-12-10-26(11-13-27)17-24(29)28-20(23-9-5-15-32-23)16-18(25-28)22-8-4-14-31-22/h2-9,14-15,20H,10-13,16-17H2,1H3. The third-order valence-electron chi connectivity index (χ3n) is 6.00. The molecule has 8 heteroatoms. The van der Waals surface area contributed by atoms with Gasteiger partial charge in [0.15, 0.2) is 0 Å². The number of hydrazone groups is 1. The maximum absolute atomic E-state index is 13.3. The number of carbonyl (C=O) groups is 1. The highest BCUT2D eigenvalue weighted by Crippen LogP contribution is 2.36. The molecule has 0 bridgehead atoms. The number of thiophene rings is 2. The van der Waals surface area contributed by atoms with Crippen molar-refractivity contribution in [1.29, 1.82) is 0 Å². The van der Waals surface area contributed by atoms with E-state index >= 15 is 0 Å². The quantitative estimate of drug-likeness (QED) is 0.543. The van der Waals surface area contributed by atoms with Crippen molar-refractivity contribution in [3.63, 3.8) is 0 Å². The second-order valence-electron chi connectivity index (χ2n) is 7.93. The zero-order valence-electron chi connectivity index (χ0n) is 18.0. The van der Waals surface area contributed by atoms with Crippen molar-refractivity contribution >= 4 is 40.0 Å². The Morgan fingerprint density at radius 2 is 1.81 bits per heavy atom. The van der Waals surface area contributed by atoms with Crippen molar-refractivity contribution in [1.82, 2.24) is 9.91 Å². The molecule has 5 rings (SSSR count). The number of piperazine rings is 1. The predicted octanol–water partition coefficient (Wildman–Crippen LogP) is 4.32. The summed E-state index contributed by atoms with van der Waals surface area (Å²) in [6.45, 7) is 3.80. The normalized spacial score (nSPS) is 19.3. The topological polar surface area (TPSA) is 48.4 Å². The molecular formula is C24H26N4O2S2. The van der Waals surface area contributed by atoms with E-state index in [0.717, 1.165) is 54.6 Å². The van der Waals surface area contributed by atoms with E-state index in [1.54, 1.807) is 34.8 Å². The van der Waals surface area contributed by atoms with E-state index in [1.165, 1.54) is 4.88 Å². The first-order valence-corrected chi connectivity index (χ1v) is 12.6. The van der Waals surface area contributed by atoms with Gasteiger partial charge in [-0.1, -0.05) is 24.3 Å². The summed E-state index contributed by atoms with van der Waals surface area (Å²) in [7, 11) is 1.71. The Bertz CT molecular complexity index is 1070. The van der Waals surface area contributed by atoms with Gasteiger partial charge in [0.2, 0.25) is 0 Å². The first kappa shape index (κ1) is 21.2. The molecule has 4 heterocycles. The average Bonchev–Trinajstić information content (AvgIpc) is 3.60. The molecule has 3 aromatic rings. The summed E-state index contributed by atoms with van der Waals surface area (Å²) in [5.41, 5.74) is 2.12. The van der Waals surface area contributed by atoms with Crippen LogP contribution in [-0.2, 0) is 4.79 Å². The van der Waals surface area contributed by atoms with Gasteiger partial charge in [-0.3, -0.25) is 9.69 Å². The van der Waals surface area contributed by atoms with Crippen molar-refractivity contribution in [2.75, 3.05) is 44.7 Å². The highest BCUT2D eigenvalue weighted by molar-refractivity contribution is 7.12. The van der Waals surface area contributed by atoms with Gasteiger partial charge < -0.3 is 9.64 Å². The van der Waals surface area contributed by atoms with Crippen LogP contribution in [0.4, 0.5) is 5.69 Å². The van der Waals surface area contributed by atoms with Crippen LogP contribution in [0.2, 0.25) is 0 Å². The number of benzene rings is 1. The fourth-order valence-electron chi connectivity index (χ4n) is 4.34. The minimum absolute atomic E-state index is 0.00512. The van der Waals surface area contributed by atoms with Crippen LogP contribution in [0.15, 0.2) is 64.4 Å². The molecule has 1 atom stereocenters. The van der Waals surface area contributed by atoms with Crippen molar-refractivity contribution in [2.45, 2.75) is 12.5 Å². The van der Waals surface area contributed by atoms with Gasteiger partial charge >= 0.3 is 0 Å². The van der Waals surface area contributed by atoms with E-state index in [-0.39, 0.29) is 11.9 Å². The van der Waals surface area contributed by atoms with Gasteiger partial charge in [0.05, 0.1) is 36.0 Å². The number of carbonyl (C=O) groups excluding carboxylic acids is 1. The van der Waals surface area contributed by atoms with Crippen LogP contribution in [-0.4, -0.2) is 61.4 Å². The van der Waals surface area contributed by atoms with Crippen LogP contribution in [0, 0.1) is 0 Å². The van der Waals surface area contributed by atoms with Crippen LogP contribution in [0.5, 0.6) is 5.75 Å². The van der Waals surface area contributed by atoms with E-state index in [0.29, 0.717) is 6.54 Å². The van der Waals surface area contributed by atoms with Gasteiger partial charge in [-0.2, -0.15) is 5.10 Å². The number of ether oxygens (including phenoxy) is 1. The Morgan fingerprint density at radius 3 is 2.53 bits per heavy atom. The molecule has 1 saturated heterocycles. The van der Waals surface area contributed by atoms with Crippen LogP contribution in [0.3, 0.4) is 0 Å². The first-order valence-electron chi connectivity index (χ1n) is 10.8. The lowest BCUT2D eigenvalue weighted by atomic mass is 10.1. The maximum atomic E-state index is 13.3. The molecule has 1 amide bonds. The van der Waals surface area contributed by atoms with Crippen molar-refractivity contribution < 1.29 is 9.53 Å². The Kier molecular flexibility index (Phi) is 6.25. The van der Waals surface area contributed by atoms with Crippen LogP contribution < -0.4 is 9.64 Å². The molecule has 2 aliphatic rings. The van der Waals surface area contributed by atoms with Gasteiger partial charge in [0.1, 0.15) is 5.75 Å². The predicted molar refractivity (Wildman–Crippen MR) is 131 cm³/mol. The van der Waals surface area contributed by atoms with E-state index in [9.17, 15) is 4.79 Å². The summed E-state index contributed by atoms with van der Waals surface area (Å²) in [5, 5.41) is 10.6. The van der Waals surface area contributed by atoms with Crippen molar-refractivity contribution in [3.05, 3.63) is 69.0 Å². The summed E-state index contributed by atoms with van der Waals surface area (Å²) >= 11 is 3.37. The van der Waals surface area contributed by atoms with Crippen LogP contribution >= 0.6 is 22.7 Å². The molecule has 2 aliphatic heterocycles. The summed E-state index contributed by atoms with van der Waals surface area (Å²) in [5.74, 6) is 0.962. The number of amides is 1. The number of hydrogen-bond donors (Lipinski definition) is 0. The molecule has 0 saturated carbocycles. The van der Waals surface area contributed by atoms with Gasteiger partial charge in [0, 0.05) is 37.5 Å². The van der Waals surface area contributed by atoms with Crippen LogP contribution in [0.25, 0.3) is 0 Å². The van der Waals surface area contributed by atoms with Gasteiger partial charge in [-0.15, -0.1) is 22.7 Å². The largest absolute Gasteiger partial charge is 0.495 e. The maximum Gasteiger partial charge on any atom is 0.257 e.